The maximum absolute atomic E-state index is 10.6. The van der Waals surface area contributed by atoms with Crippen LogP contribution in [0.15, 0.2) is 24.3 Å². The van der Waals surface area contributed by atoms with E-state index in [9.17, 15) is 9.59 Å². The van der Waals surface area contributed by atoms with Crippen molar-refractivity contribution in [3.8, 4) is 0 Å². The smallest absolute Gasteiger partial charge is 0.335 e. The van der Waals surface area contributed by atoms with Crippen LogP contribution in [-0.4, -0.2) is 28.2 Å². The summed E-state index contributed by atoms with van der Waals surface area (Å²) < 4.78 is 0. The molecule has 1 rings (SSSR count). The van der Waals surface area contributed by atoms with Crippen molar-refractivity contribution in [2.75, 3.05) is 0 Å². The number of aromatic carboxylic acids is 1. The Bertz CT molecular complexity index is 389. The van der Waals surface area contributed by atoms with Crippen molar-refractivity contribution in [1.29, 1.82) is 0 Å². The molecule has 0 bridgehead atoms. The molecule has 0 spiro atoms. The van der Waals surface area contributed by atoms with E-state index >= 15 is 0 Å². The van der Waals surface area contributed by atoms with Gasteiger partial charge in [-0.05, 0) is 24.1 Å². The molecule has 80 valence electrons. The quantitative estimate of drug-likeness (QED) is 0.663. The van der Waals surface area contributed by atoms with Gasteiger partial charge in [0, 0.05) is 0 Å². The van der Waals surface area contributed by atoms with Crippen LogP contribution >= 0.6 is 0 Å². The zero-order valence-corrected chi connectivity index (χ0v) is 7.88. The average Bonchev–Trinajstić information content (AvgIpc) is 2.18. The molecule has 0 aromatic heterocycles. The fourth-order valence-electron chi connectivity index (χ4n) is 1.17. The van der Waals surface area contributed by atoms with E-state index in [4.69, 9.17) is 15.9 Å². The molecule has 5 nitrogen and oxygen atoms in total. The topological polar surface area (TPSA) is 101 Å². The predicted octanol–water partition coefficient (Wildman–Crippen LogP) is 0.339. The molecule has 0 fully saturated rings. The Labute approximate surface area is 86.1 Å². The van der Waals surface area contributed by atoms with Gasteiger partial charge in [-0.1, -0.05) is 12.1 Å². The zero-order chi connectivity index (χ0) is 11.4. The third-order valence-electron chi connectivity index (χ3n) is 1.95. The van der Waals surface area contributed by atoms with Crippen molar-refractivity contribution in [3.63, 3.8) is 0 Å². The molecule has 0 saturated carbocycles. The van der Waals surface area contributed by atoms with Crippen molar-refractivity contribution in [2.24, 2.45) is 5.73 Å². The Hall–Kier alpha value is -1.88. The molecule has 1 aromatic rings. The second kappa shape index (κ2) is 4.56. The minimum absolute atomic E-state index is 0.121. The van der Waals surface area contributed by atoms with Crippen LogP contribution < -0.4 is 5.73 Å². The normalized spacial score (nSPS) is 12.1. The first-order chi connectivity index (χ1) is 7.00. The zero-order valence-electron chi connectivity index (χ0n) is 7.88. The highest BCUT2D eigenvalue weighted by Gasteiger charge is 2.12. The van der Waals surface area contributed by atoms with Crippen LogP contribution in [0.5, 0.6) is 0 Å². The largest absolute Gasteiger partial charge is 0.480 e. The van der Waals surface area contributed by atoms with E-state index in [0.717, 1.165) is 0 Å². The summed E-state index contributed by atoms with van der Waals surface area (Å²) in [6.45, 7) is 0. The lowest BCUT2D eigenvalue weighted by molar-refractivity contribution is -0.138. The molecule has 4 N–H and O–H groups in total. The molecular formula is C10H11NO4. The van der Waals surface area contributed by atoms with Gasteiger partial charge in [-0.25, -0.2) is 4.79 Å². The van der Waals surface area contributed by atoms with Crippen LogP contribution in [0.25, 0.3) is 0 Å². The van der Waals surface area contributed by atoms with Gasteiger partial charge in [-0.15, -0.1) is 0 Å². The molecular weight excluding hydrogens is 198 g/mol. The lowest BCUT2D eigenvalue weighted by atomic mass is 10.0. The lowest BCUT2D eigenvalue weighted by Crippen LogP contribution is -2.32. The molecule has 1 atom stereocenters. The first-order valence-electron chi connectivity index (χ1n) is 4.31. The molecule has 1 aromatic carbocycles. The van der Waals surface area contributed by atoms with E-state index in [1.807, 2.05) is 0 Å². The van der Waals surface area contributed by atoms with E-state index < -0.39 is 18.0 Å². The number of carboxylic acids is 2. The molecule has 0 aliphatic carbocycles. The third kappa shape index (κ3) is 3.07. The van der Waals surface area contributed by atoms with E-state index in [-0.39, 0.29) is 12.0 Å². The van der Waals surface area contributed by atoms with Crippen molar-refractivity contribution in [1.82, 2.24) is 0 Å². The van der Waals surface area contributed by atoms with Gasteiger partial charge in [0.2, 0.25) is 0 Å². The number of hydrogen-bond donors (Lipinski definition) is 3. The summed E-state index contributed by atoms with van der Waals surface area (Å²) in [5.41, 5.74) is 6.06. The van der Waals surface area contributed by atoms with Gasteiger partial charge in [-0.3, -0.25) is 4.79 Å². The number of benzene rings is 1. The maximum atomic E-state index is 10.6. The predicted molar refractivity (Wildman–Crippen MR) is 52.7 cm³/mol. The number of hydrogen-bond acceptors (Lipinski definition) is 3. The summed E-state index contributed by atoms with van der Waals surface area (Å²) >= 11 is 0. The number of carbonyl (C=O) groups is 2. The summed E-state index contributed by atoms with van der Waals surface area (Å²) in [5, 5.41) is 17.3. The number of nitrogens with two attached hydrogens (primary N) is 1. The Morgan fingerprint density at radius 2 is 2.00 bits per heavy atom. The monoisotopic (exact) mass is 209 g/mol. The summed E-state index contributed by atoms with van der Waals surface area (Å²) in [5.74, 6) is -2.14. The molecule has 0 amide bonds. The molecule has 0 unspecified atom stereocenters. The Morgan fingerprint density at radius 1 is 1.33 bits per heavy atom. The van der Waals surface area contributed by atoms with Crippen LogP contribution in [0.1, 0.15) is 15.9 Å². The molecule has 0 aliphatic rings. The van der Waals surface area contributed by atoms with Crippen molar-refractivity contribution < 1.29 is 19.8 Å². The Morgan fingerprint density at radius 3 is 2.53 bits per heavy atom. The van der Waals surface area contributed by atoms with Crippen LogP contribution in [0.2, 0.25) is 0 Å². The molecule has 15 heavy (non-hydrogen) atoms. The molecule has 0 aliphatic heterocycles. The summed E-state index contributed by atoms with van der Waals surface area (Å²) in [4.78, 5) is 21.1. The fourth-order valence-corrected chi connectivity index (χ4v) is 1.17. The lowest BCUT2D eigenvalue weighted by Gasteiger charge is -2.06. The van der Waals surface area contributed by atoms with E-state index in [0.29, 0.717) is 5.56 Å². The molecule has 5 heteroatoms. The van der Waals surface area contributed by atoms with Crippen LogP contribution in [0.3, 0.4) is 0 Å². The van der Waals surface area contributed by atoms with Crippen molar-refractivity contribution >= 4 is 11.9 Å². The fraction of sp³-hybridized carbons (Fsp3) is 0.200. The van der Waals surface area contributed by atoms with E-state index in [2.05, 4.69) is 0 Å². The molecule has 0 heterocycles. The van der Waals surface area contributed by atoms with Gasteiger partial charge in [0.05, 0.1) is 5.56 Å². The highest BCUT2D eigenvalue weighted by molar-refractivity contribution is 5.87. The summed E-state index contributed by atoms with van der Waals surface area (Å²) in [6.07, 6.45) is 0.121. The summed E-state index contributed by atoms with van der Waals surface area (Å²) in [7, 11) is 0. The van der Waals surface area contributed by atoms with Gasteiger partial charge in [0.15, 0.2) is 0 Å². The summed E-state index contributed by atoms with van der Waals surface area (Å²) in [6, 6.07) is 5.07. The first kappa shape index (κ1) is 11.2. The van der Waals surface area contributed by atoms with Gasteiger partial charge in [0.25, 0.3) is 0 Å². The standard InChI is InChI=1S/C10H11NO4/c11-8(10(14)15)5-6-2-1-3-7(4-6)9(12)13/h1-4,8H,5,11H2,(H,12,13)(H,14,15)/t8-/m0/s1. The van der Waals surface area contributed by atoms with Gasteiger partial charge in [0.1, 0.15) is 6.04 Å². The second-order valence-electron chi connectivity index (χ2n) is 3.15. The van der Waals surface area contributed by atoms with E-state index in [1.165, 1.54) is 12.1 Å². The van der Waals surface area contributed by atoms with Gasteiger partial charge in [-0.2, -0.15) is 0 Å². The van der Waals surface area contributed by atoms with Crippen LogP contribution in [0, 0.1) is 0 Å². The van der Waals surface area contributed by atoms with E-state index in [1.54, 1.807) is 12.1 Å². The Kier molecular flexibility index (Phi) is 3.41. The van der Waals surface area contributed by atoms with Gasteiger partial charge < -0.3 is 15.9 Å². The minimum Gasteiger partial charge on any atom is -0.480 e. The van der Waals surface area contributed by atoms with Crippen molar-refractivity contribution in [3.05, 3.63) is 35.4 Å². The Balaban J connectivity index is 2.82. The SMILES string of the molecule is N[C@@H](Cc1cccc(C(=O)O)c1)C(=O)O. The van der Waals surface area contributed by atoms with Crippen LogP contribution in [-0.2, 0) is 11.2 Å². The highest BCUT2D eigenvalue weighted by atomic mass is 16.4. The number of carboxylic acid groups (broad SMARTS) is 2. The third-order valence-corrected chi connectivity index (χ3v) is 1.95. The maximum Gasteiger partial charge on any atom is 0.335 e. The minimum atomic E-state index is -1.10. The highest BCUT2D eigenvalue weighted by Crippen LogP contribution is 2.07. The second-order valence-corrected chi connectivity index (χ2v) is 3.15. The molecule has 0 saturated heterocycles. The first-order valence-corrected chi connectivity index (χ1v) is 4.31. The van der Waals surface area contributed by atoms with Crippen molar-refractivity contribution in [2.45, 2.75) is 12.5 Å². The number of aliphatic carboxylic acids is 1. The van der Waals surface area contributed by atoms with Gasteiger partial charge >= 0.3 is 11.9 Å². The number of rotatable bonds is 4. The average molecular weight is 209 g/mol. The molecule has 0 radical (unpaired) electrons. The van der Waals surface area contributed by atoms with Crippen LogP contribution in [0.4, 0.5) is 0 Å².